The van der Waals surface area contributed by atoms with E-state index in [0.717, 1.165) is 22.7 Å². The third kappa shape index (κ3) is 5.31. The van der Waals surface area contributed by atoms with Crippen molar-refractivity contribution in [2.75, 3.05) is 19.5 Å². The summed E-state index contributed by atoms with van der Waals surface area (Å²) in [6, 6.07) is 9.84. The summed E-state index contributed by atoms with van der Waals surface area (Å²) in [6.07, 6.45) is 0. The normalized spacial score (nSPS) is 12.2. The van der Waals surface area contributed by atoms with E-state index in [2.05, 4.69) is 21.7 Å². The molecule has 0 fully saturated rings. The van der Waals surface area contributed by atoms with Gasteiger partial charge in [-0.3, -0.25) is 4.79 Å². The van der Waals surface area contributed by atoms with Crippen molar-refractivity contribution in [1.82, 2.24) is 14.8 Å². The van der Waals surface area contributed by atoms with E-state index in [1.54, 1.807) is 7.11 Å². The van der Waals surface area contributed by atoms with Gasteiger partial charge in [0.2, 0.25) is 0 Å². The molecule has 0 radical (unpaired) electrons. The molecule has 8 heteroatoms. The van der Waals surface area contributed by atoms with Crippen molar-refractivity contribution in [3.05, 3.63) is 58.7 Å². The molecular formula is C22H27N3O4S. The Hall–Kier alpha value is -2.58. The summed E-state index contributed by atoms with van der Waals surface area (Å²) in [4.78, 5) is 12.8. The Morgan fingerprint density at radius 3 is 2.77 bits per heavy atom. The van der Waals surface area contributed by atoms with Gasteiger partial charge in [-0.15, -0.1) is 10.2 Å². The van der Waals surface area contributed by atoms with E-state index in [9.17, 15) is 4.79 Å². The van der Waals surface area contributed by atoms with Crippen LogP contribution in [0.4, 0.5) is 0 Å². The fourth-order valence-corrected chi connectivity index (χ4v) is 4.13. The van der Waals surface area contributed by atoms with Crippen molar-refractivity contribution in [3.63, 3.8) is 0 Å². The predicted octanol–water partition coefficient (Wildman–Crippen LogP) is 4.56. The van der Waals surface area contributed by atoms with E-state index >= 15 is 0 Å². The number of carbonyl (C=O) groups excluding carboxylic acids is 1. The molecule has 3 rings (SSSR count). The first kappa shape index (κ1) is 22.1. The van der Waals surface area contributed by atoms with E-state index < -0.39 is 0 Å². The number of hydrogen-bond donors (Lipinski definition) is 0. The Balaban J connectivity index is 1.57. The van der Waals surface area contributed by atoms with Crippen LogP contribution in [0.3, 0.4) is 0 Å². The van der Waals surface area contributed by atoms with Crippen LogP contribution in [0.2, 0.25) is 0 Å². The summed E-state index contributed by atoms with van der Waals surface area (Å²) in [5, 5.41) is 8.35. The molecule has 1 unspecified atom stereocenters. The zero-order valence-electron chi connectivity index (χ0n) is 18.0. The van der Waals surface area contributed by atoms with Crippen molar-refractivity contribution >= 4 is 17.5 Å². The van der Waals surface area contributed by atoms with Crippen molar-refractivity contribution in [3.8, 4) is 5.75 Å². The molecule has 1 atom stereocenters. The number of methoxy groups -OCH3 is 1. The van der Waals surface area contributed by atoms with Crippen LogP contribution in [-0.4, -0.2) is 40.0 Å². The van der Waals surface area contributed by atoms with E-state index in [1.807, 2.05) is 51.1 Å². The number of aromatic nitrogens is 3. The minimum atomic E-state index is 0.0275. The average Bonchev–Trinajstić information content (AvgIpc) is 3.28. The Bertz CT molecular complexity index is 1010. The highest BCUT2D eigenvalue weighted by molar-refractivity contribution is 7.99. The van der Waals surface area contributed by atoms with Gasteiger partial charge < -0.3 is 18.5 Å². The van der Waals surface area contributed by atoms with Crippen molar-refractivity contribution in [2.24, 2.45) is 0 Å². The maximum Gasteiger partial charge on any atom is 0.277 e. The lowest BCUT2D eigenvalue weighted by Crippen LogP contribution is -2.14. The number of Topliss-reactive ketones (excluding diaryl/α,β-unsaturated/α-hetero) is 1. The molecular weight excluding hydrogens is 402 g/mol. The summed E-state index contributed by atoms with van der Waals surface area (Å²) in [5.74, 6) is 1.37. The highest BCUT2D eigenvalue weighted by Gasteiger charge is 2.20. The van der Waals surface area contributed by atoms with Gasteiger partial charge >= 0.3 is 0 Å². The largest absolute Gasteiger partial charge is 0.484 e. The molecule has 3 aromatic rings. The van der Waals surface area contributed by atoms with Crippen LogP contribution < -0.4 is 4.74 Å². The van der Waals surface area contributed by atoms with Gasteiger partial charge in [-0.2, -0.15) is 0 Å². The zero-order valence-corrected chi connectivity index (χ0v) is 18.8. The fraction of sp³-hybridized carbons (Fsp3) is 0.409. The molecule has 0 amide bonds. The topological polar surface area (TPSA) is 79.4 Å². The Morgan fingerprint density at radius 1 is 1.23 bits per heavy atom. The van der Waals surface area contributed by atoms with Crippen LogP contribution in [0.15, 0.2) is 40.0 Å². The van der Waals surface area contributed by atoms with Gasteiger partial charge in [0, 0.05) is 24.1 Å². The molecule has 2 aromatic heterocycles. The number of rotatable bonds is 10. The summed E-state index contributed by atoms with van der Waals surface area (Å²) in [5.41, 5.74) is 3.81. The van der Waals surface area contributed by atoms with Crippen LogP contribution in [-0.2, 0) is 11.3 Å². The minimum absolute atomic E-state index is 0.0275. The van der Waals surface area contributed by atoms with E-state index in [4.69, 9.17) is 13.9 Å². The quantitative estimate of drug-likeness (QED) is 0.345. The maximum atomic E-state index is 12.8. The van der Waals surface area contributed by atoms with Crippen LogP contribution in [0, 0.1) is 20.8 Å². The first-order chi connectivity index (χ1) is 14.4. The molecule has 2 heterocycles. The first-order valence-electron chi connectivity index (χ1n) is 9.74. The zero-order chi connectivity index (χ0) is 21.7. The highest BCUT2D eigenvalue weighted by atomic mass is 32.2. The third-order valence-electron chi connectivity index (χ3n) is 4.76. The first-order valence-corrected chi connectivity index (χ1v) is 10.7. The summed E-state index contributed by atoms with van der Waals surface area (Å²) in [6.45, 7) is 8.82. The van der Waals surface area contributed by atoms with Gasteiger partial charge in [-0.25, -0.2) is 0 Å². The number of aryl methyl sites for hydroxylation is 2. The average molecular weight is 430 g/mol. The summed E-state index contributed by atoms with van der Waals surface area (Å²) in [7, 11) is 1.68. The monoisotopic (exact) mass is 429 g/mol. The van der Waals surface area contributed by atoms with Gasteiger partial charge in [-0.05, 0) is 51.5 Å². The second kappa shape index (κ2) is 9.95. The second-order valence-corrected chi connectivity index (χ2v) is 8.16. The number of hydrogen-bond acceptors (Lipinski definition) is 7. The molecule has 0 saturated heterocycles. The number of benzene rings is 1. The molecule has 160 valence electrons. The Kier molecular flexibility index (Phi) is 7.33. The predicted molar refractivity (Wildman–Crippen MR) is 115 cm³/mol. The molecule has 0 bridgehead atoms. The number of ether oxygens (including phenoxy) is 2. The molecule has 0 aliphatic rings. The second-order valence-electron chi connectivity index (χ2n) is 7.24. The van der Waals surface area contributed by atoms with Crippen molar-refractivity contribution in [1.29, 1.82) is 0 Å². The van der Waals surface area contributed by atoms with Crippen LogP contribution in [0.5, 0.6) is 5.75 Å². The molecule has 30 heavy (non-hydrogen) atoms. The van der Waals surface area contributed by atoms with Gasteiger partial charge in [0.05, 0.1) is 18.4 Å². The number of thioether (sulfide) groups is 1. The lowest BCUT2D eigenvalue weighted by molar-refractivity contribution is 0.102. The highest BCUT2D eigenvalue weighted by Crippen LogP contribution is 2.24. The van der Waals surface area contributed by atoms with E-state index in [-0.39, 0.29) is 24.2 Å². The molecule has 7 nitrogen and oxygen atoms in total. The van der Waals surface area contributed by atoms with Crippen molar-refractivity contribution in [2.45, 2.75) is 45.6 Å². The lowest BCUT2D eigenvalue weighted by atomic mass is 10.2. The molecule has 0 spiro atoms. The van der Waals surface area contributed by atoms with Crippen LogP contribution >= 0.6 is 11.8 Å². The Morgan fingerprint density at radius 2 is 2.03 bits per heavy atom. The van der Waals surface area contributed by atoms with Gasteiger partial charge in [0.1, 0.15) is 5.75 Å². The summed E-state index contributed by atoms with van der Waals surface area (Å²) < 4.78 is 18.6. The molecule has 0 aliphatic carbocycles. The van der Waals surface area contributed by atoms with Crippen LogP contribution in [0.1, 0.15) is 46.2 Å². The third-order valence-corrected chi connectivity index (χ3v) is 5.58. The number of carbonyl (C=O) groups is 1. The van der Waals surface area contributed by atoms with Gasteiger partial charge in [0.15, 0.2) is 12.4 Å². The molecule has 1 aromatic carbocycles. The Labute approximate surface area is 180 Å². The van der Waals surface area contributed by atoms with E-state index in [0.29, 0.717) is 23.3 Å². The number of nitrogens with zero attached hydrogens (tertiary/aromatic N) is 3. The standard InChI is InChI=1S/C22H27N3O4S/c1-14-7-6-8-18(9-14)28-12-21-23-24-22(29-21)30-13-20(26)19-10-15(2)25(17(19)4)16(3)11-27-5/h6-10,16H,11-13H2,1-5H3. The van der Waals surface area contributed by atoms with Crippen LogP contribution in [0.25, 0.3) is 0 Å². The van der Waals surface area contributed by atoms with E-state index in [1.165, 1.54) is 11.8 Å². The SMILES string of the molecule is COCC(C)n1c(C)cc(C(=O)CSc2nnc(COc3cccc(C)c3)o2)c1C. The lowest BCUT2D eigenvalue weighted by Gasteiger charge is -2.17. The van der Waals surface area contributed by atoms with Gasteiger partial charge in [-0.1, -0.05) is 23.9 Å². The maximum absolute atomic E-state index is 12.8. The fourth-order valence-electron chi connectivity index (χ4n) is 3.46. The van der Waals surface area contributed by atoms with Crippen molar-refractivity contribution < 1.29 is 18.7 Å². The molecule has 0 N–H and O–H groups in total. The van der Waals surface area contributed by atoms with Gasteiger partial charge in [0.25, 0.3) is 11.1 Å². The smallest absolute Gasteiger partial charge is 0.277 e. The molecule has 0 aliphatic heterocycles. The number of ketones is 1. The molecule has 0 saturated carbocycles. The minimum Gasteiger partial charge on any atom is -0.484 e. The summed E-state index contributed by atoms with van der Waals surface area (Å²) >= 11 is 1.23.